The molecular formula is C46H28O2. The molecule has 0 radical (unpaired) electrons. The van der Waals surface area contributed by atoms with Crippen LogP contribution < -0.4 is 0 Å². The summed E-state index contributed by atoms with van der Waals surface area (Å²) in [5.74, 6) is 0.704. The molecule has 0 saturated carbocycles. The number of fused-ring (bicyclic) bond motifs is 6. The van der Waals surface area contributed by atoms with Crippen molar-refractivity contribution in [3.05, 3.63) is 170 Å². The van der Waals surface area contributed by atoms with E-state index in [-0.39, 0.29) is 45.7 Å². The van der Waals surface area contributed by atoms with Crippen LogP contribution in [0.15, 0.2) is 179 Å². The Labute approximate surface area is 288 Å². The van der Waals surface area contributed by atoms with Crippen LogP contribution in [0.1, 0.15) is 11.0 Å². The number of furan rings is 2. The quantitative estimate of drug-likeness (QED) is 0.183. The monoisotopic (exact) mass is 620 g/mol. The van der Waals surface area contributed by atoms with Gasteiger partial charge in [0.15, 0.2) is 0 Å². The molecule has 0 bridgehead atoms. The first-order valence-corrected chi connectivity index (χ1v) is 15.7. The van der Waals surface area contributed by atoms with Gasteiger partial charge in [-0.2, -0.15) is 0 Å². The van der Waals surface area contributed by atoms with Crippen LogP contribution >= 0.6 is 0 Å². The Balaban J connectivity index is 1.30. The number of hydrogen-bond donors (Lipinski definition) is 0. The highest BCUT2D eigenvalue weighted by Gasteiger charge is 2.21. The van der Waals surface area contributed by atoms with E-state index in [0.717, 1.165) is 38.4 Å². The highest BCUT2D eigenvalue weighted by atomic mass is 16.3. The molecule has 0 saturated heterocycles. The molecule has 8 aromatic carbocycles. The standard InChI is InChI=1S/C46H28O2/c1-3-13-29(14-4-1)41-28-39-42(47-41)27-38-33-17-11-12-22-40(33)48-46(38)45(39)32-25-23-31(24-26-32)44-36-20-9-7-18-34(36)43(30-15-5-2-6-16-30)35-19-8-10-21-37(35)44/h1-28H/i7D,8D,9D,10D,18D,19D,20D,21D. The zero-order valence-corrected chi connectivity index (χ0v) is 25.4. The van der Waals surface area contributed by atoms with E-state index in [0.29, 0.717) is 39.2 Å². The molecule has 2 aromatic heterocycles. The van der Waals surface area contributed by atoms with E-state index in [2.05, 4.69) is 0 Å². The van der Waals surface area contributed by atoms with Gasteiger partial charge in [-0.15, -0.1) is 0 Å². The van der Waals surface area contributed by atoms with Crippen molar-refractivity contribution in [3.8, 4) is 44.7 Å². The maximum atomic E-state index is 9.25. The third-order valence-electron chi connectivity index (χ3n) is 9.12. The number of hydrogen-bond acceptors (Lipinski definition) is 2. The van der Waals surface area contributed by atoms with E-state index in [9.17, 15) is 5.48 Å². The lowest BCUT2D eigenvalue weighted by Crippen LogP contribution is -1.91. The van der Waals surface area contributed by atoms with Crippen LogP contribution in [0.3, 0.4) is 0 Å². The van der Waals surface area contributed by atoms with Crippen molar-refractivity contribution in [2.45, 2.75) is 0 Å². The van der Waals surface area contributed by atoms with Crippen LogP contribution in [0.2, 0.25) is 0 Å². The predicted octanol–water partition coefficient (Wildman–Crippen LogP) is 13.3. The Morgan fingerprint density at radius 3 is 1.46 bits per heavy atom. The van der Waals surface area contributed by atoms with E-state index in [1.54, 1.807) is 24.3 Å². The van der Waals surface area contributed by atoms with Gasteiger partial charge < -0.3 is 8.83 Å². The first-order valence-electron chi connectivity index (χ1n) is 19.7. The molecule has 10 aromatic rings. The van der Waals surface area contributed by atoms with Gasteiger partial charge in [-0.25, -0.2) is 0 Å². The minimum absolute atomic E-state index is 0.171. The van der Waals surface area contributed by atoms with Crippen molar-refractivity contribution >= 4 is 54.5 Å². The molecule has 2 nitrogen and oxygen atoms in total. The van der Waals surface area contributed by atoms with Gasteiger partial charge in [0.1, 0.15) is 22.5 Å². The topological polar surface area (TPSA) is 26.3 Å². The van der Waals surface area contributed by atoms with Crippen molar-refractivity contribution in [2.24, 2.45) is 0 Å². The fourth-order valence-electron chi connectivity index (χ4n) is 7.00. The zero-order valence-electron chi connectivity index (χ0n) is 33.4. The Morgan fingerprint density at radius 1 is 0.354 bits per heavy atom. The Morgan fingerprint density at radius 2 is 0.854 bits per heavy atom. The van der Waals surface area contributed by atoms with Crippen LogP contribution in [-0.2, 0) is 0 Å². The summed E-state index contributed by atoms with van der Waals surface area (Å²) < 4.78 is 84.7. The molecule has 0 fully saturated rings. The molecule has 0 unspecified atom stereocenters. The minimum Gasteiger partial charge on any atom is -0.456 e. The molecule has 0 aliphatic rings. The van der Waals surface area contributed by atoms with Crippen LogP contribution in [0.4, 0.5) is 0 Å². The van der Waals surface area contributed by atoms with E-state index in [4.69, 9.17) is 14.3 Å². The second kappa shape index (κ2) is 10.6. The molecule has 0 amide bonds. The normalized spacial score (nSPS) is 14.1. The third kappa shape index (κ3) is 4.06. The summed E-state index contributed by atoms with van der Waals surface area (Å²) in [6, 6.07) is 35.2. The number of benzene rings is 8. The van der Waals surface area contributed by atoms with E-state index in [1.165, 1.54) is 0 Å². The molecule has 48 heavy (non-hydrogen) atoms. The molecule has 2 heteroatoms. The molecule has 0 N–H and O–H groups in total. The maximum absolute atomic E-state index is 9.25. The smallest absolute Gasteiger partial charge is 0.144 e. The maximum Gasteiger partial charge on any atom is 0.144 e. The van der Waals surface area contributed by atoms with Gasteiger partial charge in [0, 0.05) is 27.3 Å². The van der Waals surface area contributed by atoms with E-state index in [1.807, 2.05) is 97.1 Å². The van der Waals surface area contributed by atoms with Gasteiger partial charge in [-0.3, -0.25) is 0 Å². The predicted molar refractivity (Wildman–Crippen MR) is 200 cm³/mol. The minimum atomic E-state index is -0.437. The summed E-state index contributed by atoms with van der Waals surface area (Å²) in [5, 5.41) is 3.38. The van der Waals surface area contributed by atoms with Crippen LogP contribution in [-0.4, -0.2) is 0 Å². The van der Waals surface area contributed by atoms with Crippen molar-refractivity contribution in [2.75, 3.05) is 0 Å². The highest BCUT2D eigenvalue weighted by molar-refractivity contribution is 6.22. The fraction of sp³-hybridized carbons (Fsp3) is 0. The first-order chi connectivity index (χ1) is 27.1. The highest BCUT2D eigenvalue weighted by Crippen LogP contribution is 2.46. The van der Waals surface area contributed by atoms with Gasteiger partial charge in [0.2, 0.25) is 0 Å². The molecule has 10 rings (SSSR count). The summed E-state index contributed by atoms with van der Waals surface area (Å²) in [6.45, 7) is 0. The lowest BCUT2D eigenvalue weighted by Gasteiger charge is -2.18. The Hall–Kier alpha value is -6.38. The van der Waals surface area contributed by atoms with Crippen LogP contribution in [0, 0.1) is 0 Å². The Bertz CT molecular complexity index is 3180. The van der Waals surface area contributed by atoms with Gasteiger partial charge >= 0.3 is 0 Å². The van der Waals surface area contributed by atoms with Crippen LogP contribution in [0.25, 0.3) is 99.2 Å². The Kier molecular flexibility index (Phi) is 4.41. The lowest BCUT2D eigenvalue weighted by molar-refractivity contribution is 0.631. The molecule has 224 valence electrons. The summed E-state index contributed by atoms with van der Waals surface area (Å²) in [7, 11) is 0. The third-order valence-corrected chi connectivity index (χ3v) is 9.12. The van der Waals surface area contributed by atoms with E-state index < -0.39 is 24.2 Å². The molecular weight excluding hydrogens is 585 g/mol. The second-order valence-electron chi connectivity index (χ2n) is 11.8. The molecule has 0 aliphatic carbocycles. The van der Waals surface area contributed by atoms with Gasteiger partial charge in [-0.05, 0) is 67.6 Å². The van der Waals surface area contributed by atoms with Crippen LogP contribution in [0.5, 0.6) is 0 Å². The largest absolute Gasteiger partial charge is 0.456 e. The average molecular weight is 621 g/mol. The fourth-order valence-corrected chi connectivity index (χ4v) is 7.00. The molecule has 0 atom stereocenters. The summed E-state index contributed by atoms with van der Waals surface area (Å²) in [6.07, 6.45) is 0. The van der Waals surface area contributed by atoms with Gasteiger partial charge in [0.25, 0.3) is 0 Å². The van der Waals surface area contributed by atoms with Gasteiger partial charge in [-0.1, -0.05) is 151 Å². The molecule has 0 spiro atoms. The van der Waals surface area contributed by atoms with Crippen molar-refractivity contribution < 1.29 is 19.8 Å². The summed E-state index contributed by atoms with van der Waals surface area (Å²) in [5.41, 5.74) is 6.33. The number of rotatable bonds is 4. The molecule has 0 aliphatic heterocycles. The first kappa shape index (κ1) is 20.0. The second-order valence-corrected chi connectivity index (χ2v) is 11.8. The van der Waals surface area contributed by atoms with Crippen molar-refractivity contribution in [1.82, 2.24) is 0 Å². The van der Waals surface area contributed by atoms with Crippen molar-refractivity contribution in [3.63, 3.8) is 0 Å². The van der Waals surface area contributed by atoms with Gasteiger partial charge in [0.05, 0.1) is 11.0 Å². The summed E-state index contributed by atoms with van der Waals surface area (Å²) >= 11 is 0. The zero-order chi connectivity index (χ0) is 38.6. The van der Waals surface area contributed by atoms with E-state index >= 15 is 0 Å². The summed E-state index contributed by atoms with van der Waals surface area (Å²) in [4.78, 5) is 0. The lowest BCUT2D eigenvalue weighted by atomic mass is 9.85. The SMILES string of the molecule is [2H]c1c([2H])c([2H])c2c(-c3ccc(-c4c5cc(-c6ccccc6)oc5cc5c4oc4ccccc45)cc3)c3c([2H])c([2H])c([2H])c([2H])c3c(-c3ccccc3)c2c1[2H]. The average Bonchev–Trinajstić information content (AvgIpc) is 3.83. The van der Waals surface area contributed by atoms with Crippen molar-refractivity contribution in [1.29, 1.82) is 0 Å². The molecule has 2 heterocycles. The number of para-hydroxylation sites is 1.